The van der Waals surface area contributed by atoms with Gasteiger partial charge in [-0.2, -0.15) is 0 Å². The molecule has 13 heteroatoms. The zero-order chi connectivity index (χ0) is 33.0. The molecular formula is C33H31ClN6O5S. The maximum Gasteiger partial charge on any atom is 0.336 e. The third kappa shape index (κ3) is 7.02. The second-order valence-corrected chi connectivity index (χ2v) is 12.2. The van der Waals surface area contributed by atoms with Crippen LogP contribution < -0.4 is 11.1 Å². The summed E-state index contributed by atoms with van der Waals surface area (Å²) in [5.41, 5.74) is 9.72. The number of hydrogen-bond donors (Lipinski definition) is 3. The highest BCUT2D eigenvalue weighted by Crippen LogP contribution is 2.39. The second kappa shape index (κ2) is 14.1. The number of carbonyl (C=O) groups excluding carboxylic acids is 2. The number of hydrogen-bond acceptors (Lipinski definition) is 9. The molecule has 0 bridgehead atoms. The molecule has 1 amide bonds. The van der Waals surface area contributed by atoms with E-state index in [4.69, 9.17) is 27.1 Å². The van der Waals surface area contributed by atoms with Gasteiger partial charge in [0.05, 0.1) is 30.8 Å². The predicted molar refractivity (Wildman–Crippen MR) is 176 cm³/mol. The largest absolute Gasteiger partial charge is 0.478 e. The average Bonchev–Trinajstić information content (AvgIpc) is 3.50. The number of thiophene rings is 1. The number of nitrogens with zero attached hydrogens (tertiary/aromatic N) is 4. The predicted octanol–water partition coefficient (Wildman–Crippen LogP) is 5.16. The summed E-state index contributed by atoms with van der Waals surface area (Å²) in [6.45, 7) is 6.08. The van der Waals surface area contributed by atoms with Gasteiger partial charge < -0.3 is 20.9 Å². The quantitative estimate of drug-likeness (QED) is 0.126. The molecule has 5 rings (SSSR count). The number of nitrogens with one attached hydrogen (secondary N) is 1. The van der Waals surface area contributed by atoms with E-state index >= 15 is 0 Å². The van der Waals surface area contributed by atoms with Crippen LogP contribution in [-0.4, -0.2) is 56.6 Å². The molecule has 4 aromatic rings. The van der Waals surface area contributed by atoms with Crippen molar-refractivity contribution in [2.45, 2.75) is 46.1 Å². The van der Waals surface area contributed by atoms with Gasteiger partial charge in [0.1, 0.15) is 16.9 Å². The minimum Gasteiger partial charge on any atom is -0.478 e. The number of aryl methyl sites for hydroxylation is 2. The Kier molecular flexibility index (Phi) is 9.96. The lowest BCUT2D eigenvalue weighted by atomic mass is 9.99. The number of anilines is 1. The number of halogens is 1. The molecule has 1 aliphatic heterocycles. The van der Waals surface area contributed by atoms with Crippen LogP contribution in [0, 0.1) is 32.6 Å². The average molecular weight is 659 g/mol. The van der Waals surface area contributed by atoms with E-state index < -0.39 is 18.0 Å². The molecule has 0 radical (unpaired) electrons. The normalized spacial score (nSPS) is 13.4. The van der Waals surface area contributed by atoms with Crippen LogP contribution in [0.4, 0.5) is 5.69 Å². The summed E-state index contributed by atoms with van der Waals surface area (Å²) < 4.78 is 7.48. The Hall–Kier alpha value is -4.83. The Morgan fingerprint density at radius 3 is 2.61 bits per heavy atom. The number of esters is 1. The van der Waals surface area contributed by atoms with Crippen molar-refractivity contribution in [1.29, 1.82) is 0 Å². The molecule has 0 unspecified atom stereocenters. The fraction of sp³-hybridized carbons (Fsp3) is 0.273. The number of aromatic carboxylic acids is 1. The van der Waals surface area contributed by atoms with Gasteiger partial charge in [-0.3, -0.25) is 19.1 Å². The molecule has 11 nitrogen and oxygen atoms in total. The lowest BCUT2D eigenvalue weighted by molar-refractivity contribution is -0.144. The molecule has 0 fully saturated rings. The van der Waals surface area contributed by atoms with E-state index in [9.17, 15) is 19.5 Å². The number of rotatable bonds is 9. The molecule has 2 aromatic carbocycles. The van der Waals surface area contributed by atoms with Crippen molar-refractivity contribution >= 4 is 52.2 Å². The molecule has 4 N–H and O–H groups in total. The Bertz CT molecular complexity index is 1920. The van der Waals surface area contributed by atoms with Gasteiger partial charge >= 0.3 is 11.9 Å². The first-order valence-electron chi connectivity index (χ1n) is 14.5. The summed E-state index contributed by atoms with van der Waals surface area (Å²) in [7, 11) is 0. The fourth-order valence-electron chi connectivity index (χ4n) is 5.05. The van der Waals surface area contributed by atoms with E-state index in [1.807, 2.05) is 35.8 Å². The van der Waals surface area contributed by atoms with Crippen molar-refractivity contribution in [2.75, 3.05) is 18.5 Å². The smallest absolute Gasteiger partial charge is 0.336 e. The molecule has 1 aliphatic rings. The number of fused-ring (bicyclic) bond motifs is 3. The Morgan fingerprint density at radius 1 is 1.13 bits per heavy atom. The van der Waals surface area contributed by atoms with Crippen molar-refractivity contribution in [3.05, 3.63) is 91.8 Å². The molecule has 3 heterocycles. The van der Waals surface area contributed by atoms with Gasteiger partial charge in [0, 0.05) is 38.7 Å². The van der Waals surface area contributed by atoms with E-state index in [1.54, 1.807) is 11.3 Å². The molecule has 236 valence electrons. The van der Waals surface area contributed by atoms with Gasteiger partial charge in [0.15, 0.2) is 5.82 Å². The summed E-state index contributed by atoms with van der Waals surface area (Å²) in [6.07, 6.45) is 0.281. The number of nitrogens with two attached hydrogens (primary N) is 1. The number of carboxylic acid groups (broad SMARTS) is 1. The summed E-state index contributed by atoms with van der Waals surface area (Å²) in [5, 5.41) is 22.4. The van der Waals surface area contributed by atoms with Crippen molar-refractivity contribution in [3.63, 3.8) is 0 Å². The standard InChI is InChI=1S/C33H31ClN6O5S/c1-18-19(2)46-32-29(18)30(21-8-10-23(34)11-9-21)37-26(31-39-38-20(3)40(31)32)17-28(42)45-15-5-7-27(41)36-24-12-13-25(33(43)44)22(16-24)6-4-14-35/h8-13,16,26H,5,7,14-15,17,35H2,1-3H3,(H,36,41)(H,43,44)/t26-/m0/s1. The van der Waals surface area contributed by atoms with Crippen LogP contribution in [0.5, 0.6) is 0 Å². The number of carbonyl (C=O) groups is 3. The second-order valence-electron chi connectivity index (χ2n) is 10.6. The summed E-state index contributed by atoms with van der Waals surface area (Å²) in [6, 6.07) is 11.1. The molecule has 1 atom stereocenters. The highest BCUT2D eigenvalue weighted by molar-refractivity contribution is 7.15. The minimum absolute atomic E-state index is 0.0124. The first-order chi connectivity index (χ1) is 22.1. The van der Waals surface area contributed by atoms with Crippen LogP contribution in [0.1, 0.15) is 74.4 Å². The first kappa shape index (κ1) is 32.6. The van der Waals surface area contributed by atoms with Crippen molar-refractivity contribution < 1.29 is 24.2 Å². The van der Waals surface area contributed by atoms with Crippen molar-refractivity contribution in [1.82, 2.24) is 14.8 Å². The highest BCUT2D eigenvalue weighted by Gasteiger charge is 2.32. The number of aliphatic imine (C=N–C) groups is 1. The number of ether oxygens (including phenoxy) is 1. The van der Waals surface area contributed by atoms with Crippen LogP contribution in [0.3, 0.4) is 0 Å². The number of carboxylic acids is 1. The zero-order valence-corrected chi connectivity index (χ0v) is 27.0. The Labute approximate surface area is 274 Å². The maximum absolute atomic E-state index is 13.1. The third-order valence-corrected chi connectivity index (χ3v) is 8.83. The Balaban J connectivity index is 1.26. The SMILES string of the molecule is Cc1sc2c(c1C)C(c1ccc(Cl)cc1)=N[C@@H](CC(=O)OCCCC(=O)Nc1ccc(C(=O)O)c(C#CCN)c1)c1nnc(C)n1-2. The molecule has 0 saturated heterocycles. The lowest BCUT2D eigenvalue weighted by Gasteiger charge is -2.13. The van der Waals surface area contributed by atoms with E-state index in [2.05, 4.69) is 41.2 Å². The maximum atomic E-state index is 13.1. The van der Waals surface area contributed by atoms with Crippen LogP contribution in [0.25, 0.3) is 5.00 Å². The summed E-state index contributed by atoms with van der Waals surface area (Å²) in [4.78, 5) is 43.3. The number of aromatic nitrogens is 3. The van der Waals surface area contributed by atoms with E-state index in [1.165, 1.54) is 18.2 Å². The van der Waals surface area contributed by atoms with Crippen molar-refractivity contribution in [2.24, 2.45) is 10.7 Å². The number of benzene rings is 2. The molecule has 2 aromatic heterocycles. The topological polar surface area (TPSA) is 162 Å². The van der Waals surface area contributed by atoms with Crippen LogP contribution >= 0.6 is 22.9 Å². The molecule has 0 aliphatic carbocycles. The van der Waals surface area contributed by atoms with Gasteiger partial charge in [-0.05, 0) is 63.1 Å². The van der Waals surface area contributed by atoms with Gasteiger partial charge in [0.25, 0.3) is 0 Å². The van der Waals surface area contributed by atoms with Crippen LogP contribution in [0.2, 0.25) is 5.02 Å². The van der Waals surface area contributed by atoms with E-state index in [-0.39, 0.29) is 49.4 Å². The van der Waals surface area contributed by atoms with E-state index in [0.29, 0.717) is 22.4 Å². The minimum atomic E-state index is -1.13. The van der Waals surface area contributed by atoms with Gasteiger partial charge in [0.2, 0.25) is 5.91 Å². The zero-order valence-electron chi connectivity index (χ0n) is 25.4. The van der Waals surface area contributed by atoms with Gasteiger partial charge in [-0.1, -0.05) is 35.6 Å². The molecule has 0 spiro atoms. The van der Waals surface area contributed by atoms with Crippen molar-refractivity contribution in [3.8, 4) is 16.8 Å². The highest BCUT2D eigenvalue weighted by atomic mass is 35.5. The monoisotopic (exact) mass is 658 g/mol. The van der Waals surface area contributed by atoms with E-state index in [0.717, 1.165) is 32.3 Å². The molecule has 46 heavy (non-hydrogen) atoms. The lowest BCUT2D eigenvalue weighted by Crippen LogP contribution is -2.16. The first-order valence-corrected chi connectivity index (χ1v) is 15.6. The van der Waals surface area contributed by atoms with Gasteiger partial charge in [-0.25, -0.2) is 4.79 Å². The molecular weight excluding hydrogens is 628 g/mol. The fourth-order valence-corrected chi connectivity index (χ4v) is 6.39. The Morgan fingerprint density at radius 2 is 1.89 bits per heavy atom. The van der Waals surface area contributed by atoms with Gasteiger partial charge in [-0.15, -0.1) is 21.5 Å². The summed E-state index contributed by atoms with van der Waals surface area (Å²) in [5.74, 6) is 4.63. The van der Waals surface area contributed by atoms with Crippen LogP contribution in [0.15, 0.2) is 47.5 Å². The summed E-state index contributed by atoms with van der Waals surface area (Å²) >= 11 is 7.80. The molecule has 0 saturated carbocycles. The van der Waals surface area contributed by atoms with Crippen LogP contribution in [-0.2, 0) is 14.3 Å². The third-order valence-electron chi connectivity index (χ3n) is 7.39. The number of amides is 1.